The number of aryl methyl sites for hydroxylation is 2. The number of rotatable bonds is 7. The van der Waals surface area contributed by atoms with Gasteiger partial charge < -0.3 is 15.5 Å². The van der Waals surface area contributed by atoms with Gasteiger partial charge in [0.05, 0.1) is 17.0 Å². The van der Waals surface area contributed by atoms with Crippen molar-refractivity contribution in [2.24, 2.45) is 0 Å². The average molecular weight is 295 g/mol. The van der Waals surface area contributed by atoms with Crippen molar-refractivity contribution in [2.75, 3.05) is 0 Å². The summed E-state index contributed by atoms with van der Waals surface area (Å²) in [5.41, 5.74) is 1.25. The zero-order valence-corrected chi connectivity index (χ0v) is 11.8. The van der Waals surface area contributed by atoms with E-state index in [4.69, 9.17) is 10.2 Å². The Morgan fingerprint density at radius 2 is 1.95 bits per heavy atom. The highest BCUT2D eigenvalue weighted by molar-refractivity contribution is 5.97. The minimum atomic E-state index is -1.28. The van der Waals surface area contributed by atoms with Crippen molar-refractivity contribution in [3.05, 3.63) is 23.0 Å². The molecule has 1 aromatic rings. The molecule has 0 radical (unpaired) electrons. The molecule has 0 aliphatic rings. The summed E-state index contributed by atoms with van der Waals surface area (Å²) in [6.07, 6.45) is -0.0518. The molecule has 0 saturated heterocycles. The molecule has 1 rings (SSSR count). The predicted molar refractivity (Wildman–Crippen MR) is 71.9 cm³/mol. The van der Waals surface area contributed by atoms with E-state index in [2.05, 4.69) is 15.5 Å². The van der Waals surface area contributed by atoms with E-state index >= 15 is 0 Å². The van der Waals surface area contributed by atoms with Crippen molar-refractivity contribution < 1.29 is 24.6 Å². The van der Waals surface area contributed by atoms with Crippen molar-refractivity contribution in [1.82, 2.24) is 15.5 Å². The van der Waals surface area contributed by atoms with Gasteiger partial charge in [-0.15, -0.1) is 0 Å². The van der Waals surface area contributed by atoms with Crippen molar-refractivity contribution in [3.63, 3.8) is 0 Å². The molecule has 1 atom stereocenters. The van der Waals surface area contributed by atoms with Crippen LogP contribution in [0.15, 0.2) is 6.07 Å². The van der Waals surface area contributed by atoms with E-state index in [0.717, 1.165) is 0 Å². The number of amides is 1. The summed E-state index contributed by atoms with van der Waals surface area (Å²) < 4.78 is 0. The fourth-order valence-corrected chi connectivity index (χ4v) is 1.73. The van der Waals surface area contributed by atoms with Gasteiger partial charge in [-0.05, 0) is 25.8 Å². The van der Waals surface area contributed by atoms with Gasteiger partial charge >= 0.3 is 11.9 Å². The minimum absolute atomic E-state index is 0.185. The van der Waals surface area contributed by atoms with Gasteiger partial charge in [0.15, 0.2) is 0 Å². The highest BCUT2D eigenvalue weighted by Gasteiger charge is 2.23. The summed E-state index contributed by atoms with van der Waals surface area (Å²) in [5, 5.41) is 27.7. The van der Waals surface area contributed by atoms with Gasteiger partial charge in [0.25, 0.3) is 5.91 Å². The summed E-state index contributed by atoms with van der Waals surface area (Å²) in [7, 11) is 0. The van der Waals surface area contributed by atoms with Crippen LogP contribution < -0.4 is 5.32 Å². The van der Waals surface area contributed by atoms with Gasteiger partial charge in [-0.2, -0.15) is 10.2 Å². The summed E-state index contributed by atoms with van der Waals surface area (Å²) in [6, 6.07) is 0.267. The largest absolute Gasteiger partial charge is 0.481 e. The number of carboxylic acid groups (broad SMARTS) is 2. The van der Waals surface area contributed by atoms with Crippen molar-refractivity contribution in [3.8, 4) is 0 Å². The van der Waals surface area contributed by atoms with Gasteiger partial charge in [-0.3, -0.25) is 9.59 Å². The second kappa shape index (κ2) is 7.32. The fourth-order valence-electron chi connectivity index (χ4n) is 1.73. The van der Waals surface area contributed by atoms with Gasteiger partial charge in [-0.1, -0.05) is 6.92 Å². The number of nitrogens with one attached hydrogen (secondary N) is 1. The van der Waals surface area contributed by atoms with Crippen LogP contribution in [0.1, 0.15) is 41.5 Å². The summed E-state index contributed by atoms with van der Waals surface area (Å²) in [4.78, 5) is 33.7. The van der Waals surface area contributed by atoms with Crippen LogP contribution in [0.2, 0.25) is 0 Å². The molecule has 21 heavy (non-hydrogen) atoms. The Morgan fingerprint density at radius 3 is 2.48 bits per heavy atom. The standard InChI is InChI=1S/C13H17N3O5/c1-3-9-8(6-7(2)15-16-9)12(19)14-10(13(20)21)4-5-11(17)18/h6,10H,3-5H2,1-2H3,(H,14,19)(H,17,18)(H,20,21). The van der Waals surface area contributed by atoms with Gasteiger partial charge in [0.1, 0.15) is 6.04 Å². The summed E-state index contributed by atoms with van der Waals surface area (Å²) >= 11 is 0. The number of carboxylic acids is 2. The van der Waals surface area contributed by atoms with Crippen LogP contribution in [-0.2, 0) is 16.0 Å². The van der Waals surface area contributed by atoms with E-state index in [1.807, 2.05) is 0 Å². The summed E-state index contributed by atoms with van der Waals surface area (Å²) in [5.74, 6) is -2.99. The maximum absolute atomic E-state index is 12.1. The average Bonchev–Trinajstić information content (AvgIpc) is 2.42. The van der Waals surface area contributed by atoms with E-state index < -0.39 is 23.9 Å². The SMILES string of the molecule is CCc1nnc(C)cc1C(=O)NC(CCC(=O)O)C(=O)O. The Morgan fingerprint density at radius 1 is 1.29 bits per heavy atom. The highest BCUT2D eigenvalue weighted by atomic mass is 16.4. The molecule has 0 aliphatic carbocycles. The Kier molecular flexibility index (Phi) is 5.77. The first-order valence-electron chi connectivity index (χ1n) is 6.43. The molecule has 0 aromatic carbocycles. The molecule has 1 heterocycles. The lowest BCUT2D eigenvalue weighted by molar-refractivity contribution is -0.140. The first kappa shape index (κ1) is 16.5. The molecule has 1 amide bonds. The van der Waals surface area contributed by atoms with Crippen LogP contribution in [0.3, 0.4) is 0 Å². The van der Waals surface area contributed by atoms with Gasteiger partial charge in [0.2, 0.25) is 0 Å². The lowest BCUT2D eigenvalue weighted by Crippen LogP contribution is -2.41. The Hall–Kier alpha value is -2.51. The number of carbonyl (C=O) groups excluding carboxylic acids is 1. The second-order valence-corrected chi connectivity index (χ2v) is 4.50. The van der Waals surface area contributed by atoms with Crippen molar-refractivity contribution in [1.29, 1.82) is 0 Å². The minimum Gasteiger partial charge on any atom is -0.481 e. The summed E-state index contributed by atoms with van der Waals surface area (Å²) in [6.45, 7) is 3.47. The number of carbonyl (C=O) groups is 3. The molecule has 0 aliphatic heterocycles. The Bertz CT molecular complexity index is 559. The van der Waals surface area contributed by atoms with Gasteiger partial charge in [0, 0.05) is 6.42 Å². The Balaban J connectivity index is 2.89. The molecule has 1 aromatic heterocycles. The molecular weight excluding hydrogens is 278 g/mol. The second-order valence-electron chi connectivity index (χ2n) is 4.50. The molecule has 0 spiro atoms. The molecule has 0 saturated carbocycles. The monoisotopic (exact) mass is 295 g/mol. The molecule has 0 fully saturated rings. The third-order valence-electron chi connectivity index (χ3n) is 2.82. The number of aromatic nitrogens is 2. The van der Waals surface area contributed by atoms with Crippen LogP contribution in [0.25, 0.3) is 0 Å². The van der Waals surface area contributed by atoms with E-state index in [0.29, 0.717) is 17.8 Å². The van der Waals surface area contributed by atoms with Crippen LogP contribution in [-0.4, -0.2) is 44.3 Å². The topological polar surface area (TPSA) is 129 Å². The molecular formula is C13H17N3O5. The molecule has 8 nitrogen and oxygen atoms in total. The first-order valence-corrected chi connectivity index (χ1v) is 6.43. The first-order chi connectivity index (χ1) is 9.85. The van der Waals surface area contributed by atoms with E-state index in [1.165, 1.54) is 6.07 Å². The third kappa shape index (κ3) is 4.83. The Labute approximate surface area is 121 Å². The van der Waals surface area contributed by atoms with E-state index in [9.17, 15) is 14.4 Å². The number of aliphatic carboxylic acids is 2. The number of nitrogens with zero attached hydrogens (tertiary/aromatic N) is 2. The van der Waals surface area contributed by atoms with Crippen LogP contribution in [0.5, 0.6) is 0 Å². The highest BCUT2D eigenvalue weighted by Crippen LogP contribution is 2.09. The molecule has 114 valence electrons. The zero-order chi connectivity index (χ0) is 16.0. The quantitative estimate of drug-likeness (QED) is 0.663. The maximum atomic E-state index is 12.1. The molecule has 1 unspecified atom stereocenters. The molecule has 3 N–H and O–H groups in total. The normalized spacial score (nSPS) is 11.7. The molecule has 0 bridgehead atoms. The zero-order valence-electron chi connectivity index (χ0n) is 11.8. The smallest absolute Gasteiger partial charge is 0.326 e. The van der Waals surface area contributed by atoms with Crippen LogP contribution in [0, 0.1) is 6.92 Å². The van der Waals surface area contributed by atoms with E-state index in [-0.39, 0.29) is 18.4 Å². The number of hydrogen-bond acceptors (Lipinski definition) is 5. The number of hydrogen-bond donors (Lipinski definition) is 3. The lowest BCUT2D eigenvalue weighted by atomic mass is 10.1. The maximum Gasteiger partial charge on any atom is 0.326 e. The molecule has 8 heteroatoms. The van der Waals surface area contributed by atoms with Crippen molar-refractivity contribution >= 4 is 17.8 Å². The van der Waals surface area contributed by atoms with Crippen LogP contribution in [0.4, 0.5) is 0 Å². The van der Waals surface area contributed by atoms with E-state index in [1.54, 1.807) is 13.8 Å². The predicted octanol–water partition coefficient (Wildman–Crippen LogP) is 0.395. The third-order valence-corrected chi connectivity index (χ3v) is 2.82. The van der Waals surface area contributed by atoms with Crippen LogP contribution >= 0.6 is 0 Å². The fraction of sp³-hybridized carbons (Fsp3) is 0.462. The van der Waals surface area contributed by atoms with Gasteiger partial charge in [-0.25, -0.2) is 4.79 Å². The van der Waals surface area contributed by atoms with Crippen molar-refractivity contribution in [2.45, 2.75) is 39.2 Å². The lowest BCUT2D eigenvalue weighted by Gasteiger charge is -2.14.